The van der Waals surface area contributed by atoms with Crippen molar-refractivity contribution < 1.29 is 5.11 Å². The summed E-state index contributed by atoms with van der Waals surface area (Å²) in [5.74, 6) is 2.00. The lowest BCUT2D eigenvalue weighted by Crippen LogP contribution is -2.32. The van der Waals surface area contributed by atoms with Gasteiger partial charge in [-0.15, -0.1) is 0 Å². The number of rotatable bonds is 1. The largest absolute Gasteiger partial charge is 0.389 e. The molecular formula is C7H11NOS. The van der Waals surface area contributed by atoms with Gasteiger partial charge in [0.1, 0.15) is 0 Å². The maximum Gasteiger partial charge on any atom is 0.0792 e. The lowest BCUT2D eigenvalue weighted by molar-refractivity contribution is 0.0368. The molecule has 0 atom stereocenters. The molecule has 1 aliphatic rings. The van der Waals surface area contributed by atoms with Crippen molar-refractivity contribution in [2.24, 2.45) is 0 Å². The van der Waals surface area contributed by atoms with Crippen LogP contribution in [0.5, 0.6) is 0 Å². The zero-order valence-corrected chi connectivity index (χ0v) is 6.65. The molecule has 0 saturated carbocycles. The predicted molar refractivity (Wildman–Crippen MR) is 41.7 cm³/mol. The van der Waals surface area contributed by atoms with Gasteiger partial charge in [-0.3, -0.25) is 0 Å². The second kappa shape index (κ2) is 3.27. The van der Waals surface area contributed by atoms with Crippen LogP contribution in [0, 0.1) is 11.3 Å². The fourth-order valence-corrected chi connectivity index (χ4v) is 2.33. The van der Waals surface area contributed by atoms with Crippen molar-refractivity contribution in [3.8, 4) is 6.07 Å². The molecule has 56 valence electrons. The zero-order valence-electron chi connectivity index (χ0n) is 5.84. The van der Waals surface area contributed by atoms with E-state index in [1.165, 1.54) is 0 Å². The fraction of sp³-hybridized carbons (Fsp3) is 0.857. The van der Waals surface area contributed by atoms with Gasteiger partial charge in [0.15, 0.2) is 0 Å². The Morgan fingerprint density at radius 2 is 2.10 bits per heavy atom. The molecular weight excluding hydrogens is 146 g/mol. The first-order valence-corrected chi connectivity index (χ1v) is 4.59. The van der Waals surface area contributed by atoms with Gasteiger partial charge in [0, 0.05) is 0 Å². The molecule has 1 N–H and O–H groups in total. The summed E-state index contributed by atoms with van der Waals surface area (Å²) in [6.07, 6.45) is 1.87. The Hall–Kier alpha value is -0.200. The highest BCUT2D eigenvalue weighted by molar-refractivity contribution is 7.99. The van der Waals surface area contributed by atoms with Gasteiger partial charge in [0.05, 0.1) is 18.1 Å². The number of hydrogen-bond donors (Lipinski definition) is 1. The van der Waals surface area contributed by atoms with E-state index in [0.29, 0.717) is 6.42 Å². The summed E-state index contributed by atoms with van der Waals surface area (Å²) in [5, 5.41) is 18.0. The maximum atomic E-state index is 9.64. The van der Waals surface area contributed by atoms with Crippen molar-refractivity contribution in [1.82, 2.24) is 0 Å². The molecule has 0 spiro atoms. The van der Waals surface area contributed by atoms with E-state index >= 15 is 0 Å². The molecule has 0 aromatic rings. The third-order valence-corrected chi connectivity index (χ3v) is 2.82. The quantitative estimate of drug-likeness (QED) is 0.621. The van der Waals surface area contributed by atoms with E-state index in [1.54, 1.807) is 0 Å². The van der Waals surface area contributed by atoms with Gasteiger partial charge in [0.2, 0.25) is 0 Å². The average molecular weight is 157 g/mol. The fourth-order valence-electron chi connectivity index (χ4n) is 1.08. The number of hydrogen-bond acceptors (Lipinski definition) is 3. The molecule has 0 amide bonds. The first-order valence-electron chi connectivity index (χ1n) is 3.44. The van der Waals surface area contributed by atoms with Gasteiger partial charge < -0.3 is 5.11 Å². The van der Waals surface area contributed by atoms with Gasteiger partial charge in [-0.25, -0.2) is 0 Å². The Labute approximate surface area is 65.2 Å². The lowest BCUT2D eigenvalue weighted by Gasteiger charge is -2.28. The van der Waals surface area contributed by atoms with E-state index in [1.807, 2.05) is 17.8 Å². The molecule has 3 heteroatoms. The smallest absolute Gasteiger partial charge is 0.0792 e. The van der Waals surface area contributed by atoms with Crippen LogP contribution >= 0.6 is 11.8 Å². The van der Waals surface area contributed by atoms with Gasteiger partial charge in [-0.1, -0.05) is 0 Å². The third kappa shape index (κ3) is 1.89. The summed E-state index contributed by atoms with van der Waals surface area (Å²) in [5.41, 5.74) is -0.653. The van der Waals surface area contributed by atoms with E-state index in [9.17, 15) is 5.11 Å². The molecule has 1 saturated heterocycles. The topological polar surface area (TPSA) is 44.0 Å². The van der Waals surface area contributed by atoms with Gasteiger partial charge in [0.25, 0.3) is 0 Å². The summed E-state index contributed by atoms with van der Waals surface area (Å²) < 4.78 is 0. The summed E-state index contributed by atoms with van der Waals surface area (Å²) in [6.45, 7) is 0. The molecule has 1 fully saturated rings. The van der Waals surface area contributed by atoms with Gasteiger partial charge in [-0.2, -0.15) is 17.0 Å². The summed E-state index contributed by atoms with van der Waals surface area (Å²) in [4.78, 5) is 0. The van der Waals surface area contributed by atoms with Gasteiger partial charge >= 0.3 is 0 Å². The minimum atomic E-state index is -0.653. The highest BCUT2D eigenvalue weighted by atomic mass is 32.2. The number of nitrogens with zero attached hydrogens (tertiary/aromatic N) is 1. The standard InChI is InChI=1S/C7H11NOS/c8-4-1-7(9)2-5-10-6-3-7/h9H,1-3,5-6H2. The van der Waals surface area contributed by atoms with E-state index < -0.39 is 5.60 Å². The summed E-state index contributed by atoms with van der Waals surface area (Å²) in [7, 11) is 0. The molecule has 0 aromatic heterocycles. The Morgan fingerprint density at radius 3 is 2.60 bits per heavy atom. The molecule has 0 bridgehead atoms. The Morgan fingerprint density at radius 1 is 1.50 bits per heavy atom. The Kier molecular flexibility index (Phi) is 2.58. The average Bonchev–Trinajstić information content (AvgIpc) is 1.89. The number of aliphatic hydroxyl groups is 1. The maximum absolute atomic E-state index is 9.64. The SMILES string of the molecule is N#CCC1(O)CCSCC1. The zero-order chi connectivity index (χ0) is 7.45. The molecule has 0 radical (unpaired) electrons. The first kappa shape index (κ1) is 7.90. The van der Waals surface area contributed by atoms with Crippen LogP contribution in [-0.2, 0) is 0 Å². The molecule has 1 aliphatic heterocycles. The third-order valence-electron chi connectivity index (χ3n) is 1.83. The predicted octanol–water partition coefficient (Wildman–Crippen LogP) is 1.16. The van der Waals surface area contributed by atoms with Crippen LogP contribution in [0.2, 0.25) is 0 Å². The van der Waals surface area contributed by atoms with Crippen LogP contribution in [0.3, 0.4) is 0 Å². The molecule has 2 nitrogen and oxygen atoms in total. The molecule has 1 heterocycles. The van der Waals surface area contributed by atoms with E-state index in [2.05, 4.69) is 0 Å². The van der Waals surface area contributed by atoms with E-state index in [4.69, 9.17) is 5.26 Å². The highest BCUT2D eigenvalue weighted by Gasteiger charge is 2.28. The first-order chi connectivity index (χ1) is 4.77. The van der Waals surface area contributed by atoms with Crippen molar-refractivity contribution in [2.75, 3.05) is 11.5 Å². The van der Waals surface area contributed by atoms with Crippen LogP contribution in [0.4, 0.5) is 0 Å². The summed E-state index contributed by atoms with van der Waals surface area (Å²) >= 11 is 1.85. The molecule has 1 rings (SSSR count). The minimum absolute atomic E-state index is 0.299. The molecule has 10 heavy (non-hydrogen) atoms. The van der Waals surface area contributed by atoms with E-state index in [-0.39, 0.29) is 0 Å². The second-order valence-electron chi connectivity index (χ2n) is 2.67. The van der Waals surface area contributed by atoms with Crippen LogP contribution in [0.1, 0.15) is 19.3 Å². The highest BCUT2D eigenvalue weighted by Crippen LogP contribution is 2.28. The van der Waals surface area contributed by atoms with Gasteiger partial charge in [-0.05, 0) is 24.3 Å². The Bertz CT molecular complexity index is 146. The van der Waals surface area contributed by atoms with Crippen LogP contribution in [0.15, 0.2) is 0 Å². The Balaban J connectivity index is 2.42. The molecule has 0 aliphatic carbocycles. The lowest BCUT2D eigenvalue weighted by atomic mass is 9.94. The molecule has 0 unspecified atom stereocenters. The monoisotopic (exact) mass is 157 g/mol. The van der Waals surface area contributed by atoms with Crippen molar-refractivity contribution >= 4 is 11.8 Å². The van der Waals surface area contributed by atoms with Crippen molar-refractivity contribution in [3.63, 3.8) is 0 Å². The van der Waals surface area contributed by atoms with Crippen LogP contribution in [0.25, 0.3) is 0 Å². The van der Waals surface area contributed by atoms with E-state index in [0.717, 1.165) is 24.3 Å². The number of thioether (sulfide) groups is 1. The second-order valence-corrected chi connectivity index (χ2v) is 3.90. The normalized spacial score (nSPS) is 23.6. The van der Waals surface area contributed by atoms with Crippen molar-refractivity contribution in [2.45, 2.75) is 24.9 Å². The van der Waals surface area contributed by atoms with Crippen LogP contribution in [-0.4, -0.2) is 22.2 Å². The minimum Gasteiger partial charge on any atom is -0.389 e. The summed E-state index contributed by atoms with van der Waals surface area (Å²) in [6, 6.07) is 2.02. The van der Waals surface area contributed by atoms with Crippen LogP contribution < -0.4 is 0 Å². The molecule has 0 aromatic carbocycles. The van der Waals surface area contributed by atoms with Crippen molar-refractivity contribution in [3.05, 3.63) is 0 Å². The number of nitriles is 1. The van der Waals surface area contributed by atoms with Crippen molar-refractivity contribution in [1.29, 1.82) is 5.26 Å².